The molecule has 1 aromatic heterocycles. The Morgan fingerprint density at radius 3 is 2.83 bits per heavy atom. The number of carbonyl (C=O) groups excluding carboxylic acids is 2. The van der Waals surface area contributed by atoms with E-state index < -0.39 is 34.0 Å². The van der Waals surface area contributed by atoms with Crippen molar-refractivity contribution in [1.82, 2.24) is 4.90 Å². The van der Waals surface area contributed by atoms with E-state index in [1.54, 1.807) is 12.1 Å². The summed E-state index contributed by atoms with van der Waals surface area (Å²) in [5.41, 5.74) is -0.0195. The molecule has 0 radical (unpaired) electrons. The largest absolute Gasteiger partial charge is 0.477 e. The lowest BCUT2D eigenvalue weighted by Gasteiger charge is -2.48. The summed E-state index contributed by atoms with van der Waals surface area (Å²) in [4.78, 5) is 36.8. The molecule has 0 bridgehead atoms. The minimum Gasteiger partial charge on any atom is -0.477 e. The zero-order valence-corrected chi connectivity index (χ0v) is 13.7. The number of ether oxygens (including phenoxy) is 1. The second-order valence-corrected chi connectivity index (χ2v) is 7.67. The smallest absolute Gasteiger partial charge is 0.352 e. The van der Waals surface area contributed by atoms with Crippen LogP contribution in [0.3, 0.4) is 0 Å². The summed E-state index contributed by atoms with van der Waals surface area (Å²) in [6.07, 6.45) is 0. The van der Waals surface area contributed by atoms with Crippen LogP contribution in [0, 0.1) is 0 Å². The van der Waals surface area contributed by atoms with Gasteiger partial charge in [0, 0.05) is 17.4 Å². The van der Waals surface area contributed by atoms with E-state index in [2.05, 4.69) is 0 Å². The van der Waals surface area contributed by atoms with Crippen molar-refractivity contribution in [1.29, 1.82) is 0 Å². The van der Waals surface area contributed by atoms with Gasteiger partial charge in [0.05, 0.1) is 16.6 Å². The fourth-order valence-corrected chi connectivity index (χ4v) is 5.43. The van der Waals surface area contributed by atoms with E-state index in [4.69, 9.17) is 4.74 Å². The van der Waals surface area contributed by atoms with Crippen LogP contribution in [0.5, 0.6) is 0 Å². The van der Waals surface area contributed by atoms with Gasteiger partial charge in [-0.2, -0.15) is 0 Å². The topological polar surface area (TPSA) is 101 Å². The van der Waals surface area contributed by atoms with Gasteiger partial charge in [0.15, 0.2) is 0 Å². The molecular formula is C14H13NO6S2. The Balaban J connectivity index is 1.96. The van der Waals surface area contributed by atoms with Gasteiger partial charge in [-0.15, -0.1) is 11.3 Å². The van der Waals surface area contributed by atoms with Crippen LogP contribution in [0.4, 0.5) is 0 Å². The van der Waals surface area contributed by atoms with Crippen LogP contribution < -0.4 is 0 Å². The van der Waals surface area contributed by atoms with E-state index in [0.717, 1.165) is 9.78 Å². The highest BCUT2D eigenvalue weighted by Crippen LogP contribution is 2.45. The summed E-state index contributed by atoms with van der Waals surface area (Å²) in [5, 5.41) is 10.6. The zero-order valence-electron chi connectivity index (χ0n) is 12.1. The number of fused-ring (bicyclic) bond motifs is 1. The van der Waals surface area contributed by atoms with Gasteiger partial charge in [0.1, 0.15) is 23.6 Å². The van der Waals surface area contributed by atoms with Crippen LogP contribution in [-0.2, 0) is 29.9 Å². The van der Waals surface area contributed by atoms with Crippen LogP contribution in [-0.4, -0.2) is 49.8 Å². The normalized spacial score (nSPS) is 26.6. The van der Waals surface area contributed by atoms with E-state index in [1.807, 2.05) is 5.38 Å². The number of carboxylic acid groups (broad SMARTS) is 1. The number of rotatable bonds is 4. The number of thiophene rings is 1. The molecule has 3 atom stereocenters. The summed E-state index contributed by atoms with van der Waals surface area (Å²) in [6.45, 7) is 0.925. The number of esters is 1. The van der Waals surface area contributed by atoms with E-state index in [0.29, 0.717) is 0 Å². The molecule has 1 aromatic rings. The molecule has 2 aliphatic heterocycles. The molecular weight excluding hydrogens is 342 g/mol. The minimum atomic E-state index is -1.45. The Morgan fingerprint density at radius 1 is 1.52 bits per heavy atom. The van der Waals surface area contributed by atoms with Crippen molar-refractivity contribution < 1.29 is 28.4 Å². The Labute approximate surface area is 138 Å². The summed E-state index contributed by atoms with van der Waals surface area (Å²) < 4.78 is 17.3. The average Bonchev–Trinajstić information content (AvgIpc) is 2.98. The third-order valence-electron chi connectivity index (χ3n) is 3.71. The molecule has 3 rings (SSSR count). The molecule has 1 saturated heterocycles. The number of β-lactam (4-membered cyclic amide) rings is 1. The number of nitrogens with zero attached hydrogens (tertiary/aromatic N) is 1. The molecule has 9 heteroatoms. The maximum atomic E-state index is 12.5. The summed E-state index contributed by atoms with van der Waals surface area (Å²) in [6, 6.07) is 3.57. The average molecular weight is 355 g/mol. The van der Waals surface area contributed by atoms with Crippen LogP contribution in [0.2, 0.25) is 0 Å². The third-order valence-corrected chi connectivity index (χ3v) is 6.32. The molecule has 0 saturated carbocycles. The number of amides is 1. The fraction of sp³-hybridized carbons (Fsp3) is 0.357. The lowest BCUT2D eigenvalue weighted by atomic mass is 9.94. The van der Waals surface area contributed by atoms with Crippen molar-refractivity contribution in [3.63, 3.8) is 0 Å². The molecule has 2 aliphatic rings. The molecule has 0 spiro atoms. The Kier molecular flexibility index (Phi) is 4.07. The molecule has 3 heterocycles. The van der Waals surface area contributed by atoms with E-state index in [9.17, 15) is 23.7 Å². The number of carbonyl (C=O) groups is 3. The highest BCUT2D eigenvalue weighted by Gasteiger charge is 2.57. The van der Waals surface area contributed by atoms with Gasteiger partial charge in [-0.25, -0.2) is 4.79 Å². The monoisotopic (exact) mass is 355 g/mol. The van der Waals surface area contributed by atoms with Gasteiger partial charge >= 0.3 is 11.9 Å². The summed E-state index contributed by atoms with van der Waals surface area (Å²) >= 11 is 1.38. The van der Waals surface area contributed by atoms with Crippen molar-refractivity contribution in [2.75, 3.05) is 12.4 Å². The predicted molar refractivity (Wildman–Crippen MR) is 82.0 cm³/mol. The van der Waals surface area contributed by atoms with Crippen molar-refractivity contribution in [3.05, 3.63) is 33.7 Å². The highest BCUT2D eigenvalue weighted by molar-refractivity contribution is 7.86. The molecule has 1 unspecified atom stereocenters. The molecule has 122 valence electrons. The Hall–Kier alpha value is -2.00. The molecule has 0 aromatic carbocycles. The van der Waals surface area contributed by atoms with Crippen LogP contribution in [0.15, 0.2) is 28.8 Å². The van der Waals surface area contributed by atoms with Crippen LogP contribution in [0.1, 0.15) is 17.7 Å². The van der Waals surface area contributed by atoms with Gasteiger partial charge in [-0.1, -0.05) is 6.07 Å². The molecule has 1 fully saturated rings. The van der Waals surface area contributed by atoms with Gasteiger partial charge in [-0.3, -0.25) is 18.7 Å². The molecule has 23 heavy (non-hydrogen) atoms. The molecule has 7 nitrogen and oxygen atoms in total. The zero-order chi connectivity index (χ0) is 16.7. The van der Waals surface area contributed by atoms with Gasteiger partial charge in [0.25, 0.3) is 0 Å². The van der Waals surface area contributed by atoms with Gasteiger partial charge < -0.3 is 9.84 Å². The lowest BCUT2D eigenvalue weighted by molar-refractivity contribution is -0.148. The minimum absolute atomic E-state index is 0.0226. The third kappa shape index (κ3) is 2.59. The first-order valence-corrected chi connectivity index (χ1v) is 9.00. The Bertz CT molecular complexity index is 738. The quantitative estimate of drug-likeness (QED) is 0.629. The van der Waals surface area contributed by atoms with Crippen molar-refractivity contribution in [3.8, 4) is 0 Å². The molecule has 1 N–H and O–H groups in total. The number of hydrogen-bond acceptors (Lipinski definition) is 6. The van der Waals surface area contributed by atoms with E-state index in [-0.39, 0.29) is 29.5 Å². The lowest BCUT2D eigenvalue weighted by Crippen LogP contribution is -2.63. The van der Waals surface area contributed by atoms with Crippen molar-refractivity contribution >= 4 is 40.0 Å². The van der Waals surface area contributed by atoms with Crippen LogP contribution >= 0.6 is 11.3 Å². The summed E-state index contributed by atoms with van der Waals surface area (Å²) in [5.74, 6) is -2.83. The predicted octanol–water partition coefficient (Wildman–Crippen LogP) is 0.664. The SMILES string of the molecule is CC(=O)OCC1=C(C(=O)O)N2C(=O)[C@@H](c3cccs3)[C@@H]2S(=O)C1. The van der Waals surface area contributed by atoms with Crippen molar-refractivity contribution in [2.45, 2.75) is 18.2 Å². The maximum absolute atomic E-state index is 12.5. The number of hydrogen-bond donors (Lipinski definition) is 1. The highest BCUT2D eigenvalue weighted by atomic mass is 32.2. The number of carboxylic acids is 1. The first-order valence-electron chi connectivity index (χ1n) is 6.74. The van der Waals surface area contributed by atoms with Gasteiger partial charge in [-0.05, 0) is 11.4 Å². The molecule has 0 aliphatic carbocycles. The second-order valence-electron chi connectivity index (χ2n) is 5.15. The van der Waals surface area contributed by atoms with E-state index >= 15 is 0 Å². The standard InChI is InChI=1S/C14H13NO6S2/c1-7(16)21-5-8-6-23(20)13-10(9-3-2-4-22-9)12(17)15(13)11(8)14(18)19/h2-4,10,13H,5-6H2,1H3,(H,18,19)/t10-,13+,23?/m1/s1. The summed E-state index contributed by atoms with van der Waals surface area (Å²) in [7, 11) is -1.45. The van der Waals surface area contributed by atoms with Crippen LogP contribution in [0.25, 0.3) is 0 Å². The molecule has 1 amide bonds. The Morgan fingerprint density at radius 2 is 2.26 bits per heavy atom. The second kappa shape index (κ2) is 5.89. The first kappa shape index (κ1) is 15.9. The van der Waals surface area contributed by atoms with Gasteiger partial charge in [0.2, 0.25) is 5.91 Å². The fourth-order valence-electron chi connectivity index (χ4n) is 2.75. The first-order chi connectivity index (χ1) is 10.9. The van der Waals surface area contributed by atoms with E-state index in [1.165, 1.54) is 18.3 Å². The number of aliphatic carboxylic acids is 1. The maximum Gasteiger partial charge on any atom is 0.352 e. The van der Waals surface area contributed by atoms with Crippen molar-refractivity contribution in [2.24, 2.45) is 0 Å².